The van der Waals surface area contributed by atoms with Crippen molar-refractivity contribution in [2.45, 2.75) is 39.2 Å². The third-order valence-electron chi connectivity index (χ3n) is 5.35. The maximum atomic E-state index is 6.13. The van der Waals surface area contributed by atoms with Gasteiger partial charge in [0.2, 0.25) is 5.88 Å². The van der Waals surface area contributed by atoms with Crippen molar-refractivity contribution in [3.63, 3.8) is 0 Å². The topological polar surface area (TPSA) is 30.3 Å². The number of piperidine rings is 1. The summed E-state index contributed by atoms with van der Waals surface area (Å²) in [5.41, 5.74) is 3.62. The van der Waals surface area contributed by atoms with Gasteiger partial charge in [0.1, 0.15) is 0 Å². The molecule has 3 aromatic rings. The van der Waals surface area contributed by atoms with E-state index in [-0.39, 0.29) is 0 Å². The van der Waals surface area contributed by atoms with Crippen molar-refractivity contribution in [3.8, 4) is 5.88 Å². The van der Waals surface area contributed by atoms with Crippen LogP contribution in [-0.2, 0) is 6.54 Å². The lowest BCUT2D eigenvalue weighted by Crippen LogP contribution is -2.31. The van der Waals surface area contributed by atoms with E-state index in [4.69, 9.17) is 9.84 Å². The quantitative estimate of drug-likeness (QED) is 0.573. The number of fused-ring (bicyclic) bond motifs is 1. The summed E-state index contributed by atoms with van der Waals surface area (Å²) in [7, 11) is 0. The lowest BCUT2D eigenvalue weighted by atomic mass is 10.1. The van der Waals surface area contributed by atoms with Gasteiger partial charge >= 0.3 is 0 Å². The Bertz CT molecular complexity index is 866. The van der Waals surface area contributed by atoms with Crippen LogP contribution in [0.4, 0.5) is 0 Å². The summed E-state index contributed by atoms with van der Waals surface area (Å²) in [4.78, 5) is 2.56. The van der Waals surface area contributed by atoms with E-state index in [9.17, 15) is 0 Å². The Morgan fingerprint density at radius 3 is 2.63 bits per heavy atom. The molecule has 142 valence electrons. The van der Waals surface area contributed by atoms with Gasteiger partial charge in [-0.3, -0.25) is 4.68 Å². The fourth-order valence-electron chi connectivity index (χ4n) is 3.89. The molecule has 0 N–H and O–H groups in total. The SMILES string of the molecule is Cc1ccc2c(c1)c(OCCCN1CCCCC1)nn2Cc1ccccc1. The van der Waals surface area contributed by atoms with Crippen molar-refractivity contribution in [3.05, 3.63) is 59.7 Å². The highest BCUT2D eigenvalue weighted by Gasteiger charge is 2.13. The Hall–Kier alpha value is -2.33. The molecule has 4 heteroatoms. The van der Waals surface area contributed by atoms with Crippen molar-refractivity contribution in [2.24, 2.45) is 0 Å². The van der Waals surface area contributed by atoms with Crippen LogP contribution in [0.2, 0.25) is 0 Å². The smallest absolute Gasteiger partial charge is 0.240 e. The summed E-state index contributed by atoms with van der Waals surface area (Å²) in [6, 6.07) is 17.0. The van der Waals surface area contributed by atoms with Crippen LogP contribution in [0.3, 0.4) is 0 Å². The monoisotopic (exact) mass is 363 g/mol. The highest BCUT2D eigenvalue weighted by atomic mass is 16.5. The molecule has 4 rings (SSSR count). The highest BCUT2D eigenvalue weighted by Crippen LogP contribution is 2.27. The molecule has 1 saturated heterocycles. The zero-order valence-corrected chi connectivity index (χ0v) is 16.2. The summed E-state index contributed by atoms with van der Waals surface area (Å²) in [6.07, 6.45) is 5.12. The van der Waals surface area contributed by atoms with Gasteiger partial charge in [-0.1, -0.05) is 48.4 Å². The molecule has 0 bridgehead atoms. The summed E-state index contributed by atoms with van der Waals surface area (Å²) in [5, 5.41) is 5.91. The Labute approximate surface area is 161 Å². The number of benzene rings is 2. The first-order valence-electron chi connectivity index (χ1n) is 10.2. The van der Waals surface area contributed by atoms with Crippen molar-refractivity contribution < 1.29 is 4.74 Å². The van der Waals surface area contributed by atoms with E-state index in [0.717, 1.165) is 42.9 Å². The van der Waals surface area contributed by atoms with Gasteiger partial charge in [-0.25, -0.2) is 0 Å². The Morgan fingerprint density at radius 2 is 1.81 bits per heavy atom. The first-order valence-corrected chi connectivity index (χ1v) is 10.2. The molecular weight excluding hydrogens is 334 g/mol. The maximum Gasteiger partial charge on any atom is 0.240 e. The molecule has 0 amide bonds. The molecule has 1 aliphatic heterocycles. The molecule has 0 radical (unpaired) electrons. The summed E-state index contributed by atoms with van der Waals surface area (Å²) < 4.78 is 8.18. The predicted octanol–water partition coefficient (Wildman–Crippen LogP) is 4.65. The number of nitrogens with zero attached hydrogens (tertiary/aromatic N) is 3. The number of aromatic nitrogens is 2. The number of hydrogen-bond donors (Lipinski definition) is 0. The van der Waals surface area contributed by atoms with Gasteiger partial charge in [0.05, 0.1) is 24.1 Å². The van der Waals surface area contributed by atoms with E-state index >= 15 is 0 Å². The zero-order valence-electron chi connectivity index (χ0n) is 16.2. The minimum absolute atomic E-state index is 0.724. The van der Waals surface area contributed by atoms with E-state index in [1.165, 1.54) is 43.5 Å². The Kier molecular flexibility index (Phi) is 5.73. The largest absolute Gasteiger partial charge is 0.476 e. The van der Waals surface area contributed by atoms with Crippen molar-refractivity contribution >= 4 is 10.9 Å². The van der Waals surface area contributed by atoms with Crippen LogP contribution in [-0.4, -0.2) is 40.9 Å². The zero-order chi connectivity index (χ0) is 18.5. The second kappa shape index (κ2) is 8.57. The Balaban J connectivity index is 1.45. The summed E-state index contributed by atoms with van der Waals surface area (Å²) >= 11 is 0. The van der Waals surface area contributed by atoms with E-state index in [0.29, 0.717) is 0 Å². The minimum Gasteiger partial charge on any atom is -0.476 e. The van der Waals surface area contributed by atoms with Crippen molar-refractivity contribution in [1.82, 2.24) is 14.7 Å². The van der Waals surface area contributed by atoms with Crippen LogP contribution in [0, 0.1) is 6.92 Å². The molecule has 0 aliphatic carbocycles. The second-order valence-electron chi connectivity index (χ2n) is 7.57. The Morgan fingerprint density at radius 1 is 1.00 bits per heavy atom. The number of aryl methyl sites for hydroxylation is 1. The molecule has 2 aromatic carbocycles. The third-order valence-corrected chi connectivity index (χ3v) is 5.35. The van der Waals surface area contributed by atoms with Gasteiger partial charge in [-0.05, 0) is 57.0 Å². The van der Waals surface area contributed by atoms with E-state index in [2.05, 4.69) is 59.0 Å². The fourth-order valence-corrected chi connectivity index (χ4v) is 3.89. The summed E-state index contributed by atoms with van der Waals surface area (Å²) in [5.74, 6) is 0.767. The molecule has 1 fully saturated rings. The van der Waals surface area contributed by atoms with E-state index in [1.807, 2.05) is 6.07 Å². The van der Waals surface area contributed by atoms with Gasteiger partial charge in [0.15, 0.2) is 0 Å². The molecule has 4 nitrogen and oxygen atoms in total. The van der Waals surface area contributed by atoms with Gasteiger partial charge in [-0.2, -0.15) is 0 Å². The minimum atomic E-state index is 0.724. The molecule has 2 heterocycles. The van der Waals surface area contributed by atoms with Crippen LogP contribution in [0.5, 0.6) is 5.88 Å². The van der Waals surface area contributed by atoms with Crippen LogP contribution in [0.15, 0.2) is 48.5 Å². The van der Waals surface area contributed by atoms with Gasteiger partial charge in [0, 0.05) is 6.54 Å². The van der Waals surface area contributed by atoms with Crippen molar-refractivity contribution in [2.75, 3.05) is 26.2 Å². The van der Waals surface area contributed by atoms with Crippen LogP contribution >= 0.6 is 0 Å². The molecule has 0 unspecified atom stereocenters. The standard InChI is InChI=1S/C23H29N3O/c1-19-11-12-22-21(17-19)23(24-26(22)18-20-9-4-2-5-10-20)27-16-8-15-25-13-6-3-7-14-25/h2,4-5,9-12,17H,3,6-8,13-16,18H2,1H3. The fraction of sp³-hybridized carbons (Fsp3) is 0.435. The molecular formula is C23H29N3O. The van der Waals surface area contributed by atoms with E-state index < -0.39 is 0 Å². The van der Waals surface area contributed by atoms with Crippen LogP contribution < -0.4 is 4.74 Å². The molecule has 0 saturated carbocycles. The summed E-state index contributed by atoms with van der Waals surface area (Å²) in [6.45, 7) is 7.22. The second-order valence-corrected chi connectivity index (χ2v) is 7.57. The van der Waals surface area contributed by atoms with E-state index in [1.54, 1.807) is 0 Å². The lowest BCUT2D eigenvalue weighted by molar-refractivity contribution is 0.203. The number of hydrogen-bond acceptors (Lipinski definition) is 3. The van der Waals surface area contributed by atoms with Crippen LogP contribution in [0.1, 0.15) is 36.8 Å². The molecule has 27 heavy (non-hydrogen) atoms. The van der Waals surface area contributed by atoms with Crippen LogP contribution in [0.25, 0.3) is 10.9 Å². The van der Waals surface area contributed by atoms with Gasteiger partial charge in [0.25, 0.3) is 0 Å². The first kappa shape index (κ1) is 18.1. The van der Waals surface area contributed by atoms with Gasteiger partial charge < -0.3 is 9.64 Å². The highest BCUT2D eigenvalue weighted by molar-refractivity contribution is 5.85. The molecule has 1 aromatic heterocycles. The average molecular weight is 364 g/mol. The molecule has 0 atom stereocenters. The predicted molar refractivity (Wildman–Crippen MR) is 110 cm³/mol. The van der Waals surface area contributed by atoms with Crippen molar-refractivity contribution in [1.29, 1.82) is 0 Å². The van der Waals surface area contributed by atoms with Gasteiger partial charge in [-0.15, -0.1) is 5.10 Å². The first-order chi connectivity index (χ1) is 13.3. The molecule has 1 aliphatic rings. The third kappa shape index (κ3) is 4.51. The molecule has 0 spiro atoms. The average Bonchev–Trinajstić information content (AvgIpc) is 3.03. The lowest BCUT2D eigenvalue weighted by Gasteiger charge is -2.26. The maximum absolute atomic E-state index is 6.13. The number of rotatable bonds is 7. The number of likely N-dealkylation sites (tertiary alicyclic amines) is 1. The number of ether oxygens (including phenoxy) is 1. The normalized spacial score (nSPS) is 15.3.